The SMILES string of the molecule is CCCCC/C=C/C[C@H](O)C#C[Si](C)(C)C. The molecule has 0 aliphatic heterocycles. The fraction of sp³-hybridized carbons (Fsp3) is 0.714. The van der Waals surface area contributed by atoms with Crippen LogP contribution in [0, 0.1) is 11.5 Å². The fourth-order valence-corrected chi connectivity index (χ4v) is 1.81. The first-order chi connectivity index (χ1) is 7.45. The van der Waals surface area contributed by atoms with Gasteiger partial charge in [-0.3, -0.25) is 0 Å². The van der Waals surface area contributed by atoms with Gasteiger partial charge in [-0.25, -0.2) is 0 Å². The third kappa shape index (κ3) is 11.6. The van der Waals surface area contributed by atoms with Gasteiger partial charge in [0.05, 0.1) is 0 Å². The molecule has 2 heteroatoms. The maximum Gasteiger partial charge on any atom is 0.129 e. The van der Waals surface area contributed by atoms with Gasteiger partial charge in [-0.2, -0.15) is 0 Å². The summed E-state index contributed by atoms with van der Waals surface area (Å²) in [7, 11) is -1.33. The molecule has 0 aliphatic rings. The van der Waals surface area contributed by atoms with E-state index >= 15 is 0 Å². The van der Waals surface area contributed by atoms with Crippen molar-refractivity contribution in [3.63, 3.8) is 0 Å². The van der Waals surface area contributed by atoms with E-state index in [0.29, 0.717) is 6.42 Å². The van der Waals surface area contributed by atoms with E-state index in [1.807, 2.05) is 0 Å². The molecular weight excluding hydrogens is 212 g/mol. The van der Waals surface area contributed by atoms with E-state index in [4.69, 9.17) is 0 Å². The van der Waals surface area contributed by atoms with Crippen LogP contribution in [-0.4, -0.2) is 19.3 Å². The van der Waals surface area contributed by atoms with Crippen molar-refractivity contribution in [3.05, 3.63) is 12.2 Å². The van der Waals surface area contributed by atoms with Gasteiger partial charge in [0.2, 0.25) is 0 Å². The molecule has 1 N–H and O–H groups in total. The van der Waals surface area contributed by atoms with Crippen molar-refractivity contribution in [2.75, 3.05) is 0 Å². The first kappa shape index (κ1) is 15.5. The van der Waals surface area contributed by atoms with E-state index in [9.17, 15) is 5.11 Å². The minimum absolute atomic E-state index is 0.478. The van der Waals surface area contributed by atoms with Gasteiger partial charge in [0.1, 0.15) is 14.2 Å². The average molecular weight is 238 g/mol. The molecule has 0 aromatic rings. The van der Waals surface area contributed by atoms with Crippen molar-refractivity contribution < 1.29 is 5.11 Å². The van der Waals surface area contributed by atoms with E-state index in [2.05, 4.69) is 50.2 Å². The third-order valence-electron chi connectivity index (χ3n) is 2.11. The Balaban J connectivity index is 3.71. The number of aliphatic hydroxyl groups is 1. The minimum atomic E-state index is -1.33. The molecule has 0 rings (SSSR count). The molecule has 1 atom stereocenters. The highest BCUT2D eigenvalue weighted by molar-refractivity contribution is 6.83. The van der Waals surface area contributed by atoms with Crippen LogP contribution < -0.4 is 0 Å². The molecule has 0 fully saturated rings. The van der Waals surface area contributed by atoms with Crippen molar-refractivity contribution >= 4 is 8.07 Å². The van der Waals surface area contributed by atoms with Gasteiger partial charge < -0.3 is 5.11 Å². The van der Waals surface area contributed by atoms with Crippen LogP contribution in [0.1, 0.15) is 39.0 Å². The van der Waals surface area contributed by atoms with Crippen molar-refractivity contribution in [2.24, 2.45) is 0 Å². The molecule has 1 nitrogen and oxygen atoms in total. The Morgan fingerprint density at radius 2 is 1.88 bits per heavy atom. The summed E-state index contributed by atoms with van der Waals surface area (Å²) in [5, 5.41) is 9.61. The topological polar surface area (TPSA) is 20.2 Å². The maximum absolute atomic E-state index is 9.61. The first-order valence-corrected chi connectivity index (χ1v) is 9.81. The van der Waals surface area contributed by atoms with Gasteiger partial charge in [-0.15, -0.1) is 5.54 Å². The highest BCUT2D eigenvalue weighted by atomic mass is 28.3. The van der Waals surface area contributed by atoms with E-state index in [-0.39, 0.29) is 0 Å². The Morgan fingerprint density at radius 1 is 1.19 bits per heavy atom. The van der Waals surface area contributed by atoms with Crippen molar-refractivity contribution in [2.45, 2.75) is 64.8 Å². The van der Waals surface area contributed by atoms with Gasteiger partial charge in [-0.1, -0.05) is 57.5 Å². The van der Waals surface area contributed by atoms with Crippen LogP contribution in [0.5, 0.6) is 0 Å². The molecule has 0 saturated heterocycles. The van der Waals surface area contributed by atoms with E-state index in [0.717, 1.165) is 6.42 Å². The smallest absolute Gasteiger partial charge is 0.129 e. The van der Waals surface area contributed by atoms with E-state index in [1.54, 1.807) is 0 Å². The summed E-state index contributed by atoms with van der Waals surface area (Å²) in [6.07, 6.45) is 9.35. The second-order valence-corrected chi connectivity index (χ2v) is 9.99. The fourth-order valence-electron chi connectivity index (χ4n) is 1.21. The zero-order valence-electron chi connectivity index (χ0n) is 11.2. The van der Waals surface area contributed by atoms with Crippen LogP contribution in [0.25, 0.3) is 0 Å². The van der Waals surface area contributed by atoms with Gasteiger partial charge in [0, 0.05) is 6.42 Å². The molecule has 0 heterocycles. The zero-order valence-corrected chi connectivity index (χ0v) is 12.2. The van der Waals surface area contributed by atoms with Crippen LogP contribution in [-0.2, 0) is 0 Å². The lowest BCUT2D eigenvalue weighted by Crippen LogP contribution is -2.17. The molecule has 16 heavy (non-hydrogen) atoms. The number of allylic oxidation sites excluding steroid dienone is 1. The summed E-state index contributed by atoms with van der Waals surface area (Å²) in [5.41, 5.74) is 3.19. The Bertz CT molecular complexity index is 252. The summed E-state index contributed by atoms with van der Waals surface area (Å²) < 4.78 is 0. The van der Waals surface area contributed by atoms with Crippen LogP contribution in [0.2, 0.25) is 19.6 Å². The molecule has 0 bridgehead atoms. The predicted octanol–water partition coefficient (Wildman–Crippen LogP) is 3.75. The van der Waals surface area contributed by atoms with Gasteiger partial charge in [0.15, 0.2) is 0 Å². The number of hydrogen-bond acceptors (Lipinski definition) is 1. The number of aliphatic hydroxyl groups excluding tert-OH is 1. The Morgan fingerprint density at radius 3 is 2.44 bits per heavy atom. The monoisotopic (exact) mass is 238 g/mol. The standard InChI is InChI=1S/C14H26OSi/c1-5-6-7-8-9-10-11-14(15)12-13-16(2,3)4/h9-10,14-15H,5-8,11H2,1-4H3/b10-9+/t14-/m0/s1. The lowest BCUT2D eigenvalue weighted by Gasteiger charge is -2.05. The predicted molar refractivity (Wildman–Crippen MR) is 75.0 cm³/mol. The molecule has 0 saturated carbocycles. The lowest BCUT2D eigenvalue weighted by molar-refractivity contribution is 0.236. The van der Waals surface area contributed by atoms with Crippen LogP contribution in [0.15, 0.2) is 12.2 Å². The van der Waals surface area contributed by atoms with Crippen molar-refractivity contribution in [3.8, 4) is 11.5 Å². The third-order valence-corrected chi connectivity index (χ3v) is 3.01. The summed E-state index contributed by atoms with van der Waals surface area (Å²) >= 11 is 0. The molecule has 0 aromatic carbocycles. The van der Waals surface area contributed by atoms with Crippen LogP contribution in [0.3, 0.4) is 0 Å². The lowest BCUT2D eigenvalue weighted by atomic mass is 10.2. The van der Waals surface area contributed by atoms with Crippen molar-refractivity contribution in [1.29, 1.82) is 0 Å². The van der Waals surface area contributed by atoms with E-state index in [1.165, 1.54) is 19.3 Å². The second kappa shape index (κ2) is 8.61. The Kier molecular flexibility index (Phi) is 8.33. The molecule has 92 valence electrons. The Labute approximate surface area is 102 Å². The maximum atomic E-state index is 9.61. The summed E-state index contributed by atoms with van der Waals surface area (Å²) in [6, 6.07) is 0. The molecule has 0 spiro atoms. The van der Waals surface area contributed by atoms with E-state index < -0.39 is 14.2 Å². The number of rotatable bonds is 6. The molecule has 0 unspecified atom stereocenters. The highest BCUT2D eigenvalue weighted by Gasteiger charge is 2.08. The largest absolute Gasteiger partial charge is 0.380 e. The minimum Gasteiger partial charge on any atom is -0.380 e. The molecule has 0 amide bonds. The summed E-state index contributed by atoms with van der Waals surface area (Å²) in [5.74, 6) is 2.94. The second-order valence-electron chi connectivity index (χ2n) is 5.24. The molecule has 0 aliphatic carbocycles. The van der Waals surface area contributed by atoms with Gasteiger partial charge in [-0.05, 0) is 12.8 Å². The summed E-state index contributed by atoms with van der Waals surface area (Å²) in [6.45, 7) is 8.77. The van der Waals surface area contributed by atoms with Crippen LogP contribution in [0.4, 0.5) is 0 Å². The normalized spacial score (nSPS) is 13.6. The van der Waals surface area contributed by atoms with Gasteiger partial charge in [0.25, 0.3) is 0 Å². The number of unbranched alkanes of at least 4 members (excludes halogenated alkanes) is 3. The van der Waals surface area contributed by atoms with Gasteiger partial charge >= 0.3 is 0 Å². The number of hydrogen-bond donors (Lipinski definition) is 1. The quantitative estimate of drug-likeness (QED) is 0.323. The molecule has 0 radical (unpaired) electrons. The Hall–Kier alpha value is -0.523. The average Bonchev–Trinajstić information content (AvgIpc) is 2.19. The molecular formula is C14H26OSi. The summed E-state index contributed by atoms with van der Waals surface area (Å²) in [4.78, 5) is 0. The molecule has 0 aromatic heterocycles. The van der Waals surface area contributed by atoms with Crippen LogP contribution >= 0.6 is 0 Å². The first-order valence-electron chi connectivity index (χ1n) is 6.31. The van der Waals surface area contributed by atoms with Crippen molar-refractivity contribution in [1.82, 2.24) is 0 Å². The highest BCUT2D eigenvalue weighted by Crippen LogP contribution is 2.02. The zero-order chi connectivity index (χ0) is 12.4.